The van der Waals surface area contributed by atoms with Gasteiger partial charge >= 0.3 is 0 Å². The Morgan fingerprint density at radius 2 is 0.881 bits per heavy atom. The smallest absolute Gasteiger partial charge is 0.0548 e. The summed E-state index contributed by atoms with van der Waals surface area (Å²) in [6, 6.07) is 76.8. The largest absolute Gasteiger partial charge is 0.309 e. The van der Waals surface area contributed by atoms with E-state index in [1.54, 1.807) is 0 Å². The van der Waals surface area contributed by atoms with Crippen LogP contribution >= 0.6 is 0 Å². The molecular weight excluding hydrogens is 711 g/mol. The molecule has 59 heavy (non-hydrogen) atoms. The van der Waals surface area contributed by atoms with Crippen molar-refractivity contribution >= 4 is 75.7 Å². The van der Waals surface area contributed by atoms with Crippen molar-refractivity contribution in [1.82, 2.24) is 4.57 Å². The topological polar surface area (TPSA) is 4.93 Å². The molecule has 0 aliphatic rings. The van der Waals surface area contributed by atoms with Crippen LogP contribution in [0.1, 0.15) is 12.5 Å². The number of aromatic nitrogens is 1. The summed E-state index contributed by atoms with van der Waals surface area (Å²) < 4.78 is 2.51. The minimum absolute atomic E-state index is 1.01. The van der Waals surface area contributed by atoms with Crippen LogP contribution in [0.4, 0.5) is 0 Å². The molecule has 12 rings (SSSR count). The van der Waals surface area contributed by atoms with Crippen LogP contribution in [0.3, 0.4) is 0 Å². The van der Waals surface area contributed by atoms with Crippen molar-refractivity contribution in [3.63, 3.8) is 0 Å². The van der Waals surface area contributed by atoms with Crippen molar-refractivity contribution in [3.8, 4) is 39.1 Å². The maximum Gasteiger partial charge on any atom is 0.0548 e. The molecular formula is C58H39N. The van der Waals surface area contributed by atoms with E-state index in [-0.39, 0.29) is 0 Å². The lowest BCUT2D eigenvalue weighted by Gasteiger charge is -2.21. The van der Waals surface area contributed by atoms with Crippen molar-refractivity contribution in [3.05, 3.63) is 212 Å². The molecule has 0 amide bonds. The van der Waals surface area contributed by atoms with E-state index in [0.717, 1.165) is 6.42 Å². The molecule has 0 aliphatic carbocycles. The highest BCUT2D eigenvalue weighted by molar-refractivity contribution is 6.29. The van der Waals surface area contributed by atoms with Gasteiger partial charge in [0.25, 0.3) is 0 Å². The first kappa shape index (κ1) is 33.6. The van der Waals surface area contributed by atoms with Gasteiger partial charge in [-0.3, -0.25) is 0 Å². The van der Waals surface area contributed by atoms with E-state index in [1.165, 1.54) is 120 Å². The predicted molar refractivity (Wildman–Crippen MR) is 254 cm³/mol. The van der Waals surface area contributed by atoms with E-state index in [0.29, 0.717) is 0 Å². The zero-order chi connectivity index (χ0) is 39.0. The Morgan fingerprint density at radius 3 is 1.56 bits per heavy atom. The zero-order valence-electron chi connectivity index (χ0n) is 32.8. The Kier molecular flexibility index (Phi) is 7.58. The molecule has 0 saturated carbocycles. The van der Waals surface area contributed by atoms with E-state index in [9.17, 15) is 0 Å². The summed E-state index contributed by atoms with van der Waals surface area (Å²) in [6.45, 7) is 2.23. The van der Waals surface area contributed by atoms with Gasteiger partial charge in [0, 0.05) is 16.2 Å². The fraction of sp³-hybridized carbons (Fsp3) is 0.0345. The van der Waals surface area contributed by atoms with Crippen molar-refractivity contribution in [2.45, 2.75) is 13.3 Å². The van der Waals surface area contributed by atoms with Crippen LogP contribution in [-0.2, 0) is 6.42 Å². The van der Waals surface area contributed by atoms with Gasteiger partial charge in [-0.15, -0.1) is 0 Å². The van der Waals surface area contributed by atoms with Gasteiger partial charge in [0.1, 0.15) is 0 Å². The molecule has 1 nitrogen and oxygen atoms in total. The van der Waals surface area contributed by atoms with Crippen LogP contribution in [0.5, 0.6) is 0 Å². The third-order valence-corrected chi connectivity index (χ3v) is 12.7. The van der Waals surface area contributed by atoms with E-state index in [1.807, 2.05) is 0 Å². The van der Waals surface area contributed by atoms with Crippen LogP contribution in [0, 0.1) is 0 Å². The average Bonchev–Trinajstić information content (AvgIpc) is 3.66. The normalized spacial score (nSPS) is 11.9. The quantitative estimate of drug-likeness (QED) is 0.154. The fourth-order valence-corrected chi connectivity index (χ4v) is 10.0. The maximum atomic E-state index is 2.51. The summed E-state index contributed by atoms with van der Waals surface area (Å²) in [6.07, 6.45) is 1.01. The zero-order valence-corrected chi connectivity index (χ0v) is 32.8. The number of hydrogen-bond acceptors (Lipinski definition) is 0. The van der Waals surface area contributed by atoms with E-state index in [2.05, 4.69) is 218 Å². The number of rotatable bonds is 5. The van der Waals surface area contributed by atoms with Crippen molar-refractivity contribution in [2.24, 2.45) is 0 Å². The molecule has 0 fully saturated rings. The van der Waals surface area contributed by atoms with Gasteiger partial charge in [-0.2, -0.15) is 0 Å². The molecule has 11 aromatic carbocycles. The third kappa shape index (κ3) is 5.11. The molecule has 0 N–H and O–H groups in total. The highest BCUT2D eigenvalue weighted by atomic mass is 15.0. The first-order chi connectivity index (χ1) is 29.2. The molecule has 1 aromatic heterocycles. The van der Waals surface area contributed by atoms with Gasteiger partial charge in [-0.05, 0) is 118 Å². The van der Waals surface area contributed by atoms with Crippen molar-refractivity contribution < 1.29 is 0 Å². The molecule has 12 aromatic rings. The van der Waals surface area contributed by atoms with Gasteiger partial charge < -0.3 is 4.57 Å². The predicted octanol–water partition coefficient (Wildman–Crippen LogP) is 16.1. The third-order valence-electron chi connectivity index (χ3n) is 12.7. The van der Waals surface area contributed by atoms with Crippen LogP contribution in [0.2, 0.25) is 0 Å². The van der Waals surface area contributed by atoms with Crippen LogP contribution < -0.4 is 0 Å². The monoisotopic (exact) mass is 749 g/mol. The molecule has 1 heteroatoms. The summed E-state index contributed by atoms with van der Waals surface area (Å²) in [4.78, 5) is 0. The molecule has 0 unspecified atom stereocenters. The number of nitrogens with zero attached hydrogens (tertiary/aromatic N) is 1. The Hall–Kier alpha value is -7.48. The Balaban J connectivity index is 1.18. The molecule has 1 heterocycles. The van der Waals surface area contributed by atoms with Crippen LogP contribution in [-0.4, -0.2) is 4.57 Å². The van der Waals surface area contributed by atoms with Gasteiger partial charge in [0.15, 0.2) is 0 Å². The second-order valence-corrected chi connectivity index (χ2v) is 15.9. The first-order valence-electron chi connectivity index (χ1n) is 20.7. The number of aryl methyl sites for hydroxylation is 1. The number of benzene rings is 11. The Labute approximate surface area is 343 Å². The van der Waals surface area contributed by atoms with Gasteiger partial charge in [0.05, 0.1) is 16.7 Å². The van der Waals surface area contributed by atoms with E-state index < -0.39 is 0 Å². The fourth-order valence-electron chi connectivity index (χ4n) is 10.0. The summed E-state index contributed by atoms with van der Waals surface area (Å²) in [5, 5.41) is 15.2. The van der Waals surface area contributed by atoms with Gasteiger partial charge in [0.2, 0.25) is 0 Å². The van der Waals surface area contributed by atoms with Crippen molar-refractivity contribution in [1.29, 1.82) is 0 Å². The lowest BCUT2D eigenvalue weighted by atomic mass is 9.83. The Morgan fingerprint density at radius 1 is 0.339 bits per heavy atom. The van der Waals surface area contributed by atoms with Gasteiger partial charge in [-0.1, -0.05) is 189 Å². The lowest BCUT2D eigenvalue weighted by molar-refractivity contribution is 1.14. The summed E-state index contributed by atoms with van der Waals surface area (Å²) in [7, 11) is 0. The summed E-state index contributed by atoms with van der Waals surface area (Å²) >= 11 is 0. The molecule has 0 bridgehead atoms. The van der Waals surface area contributed by atoms with E-state index in [4.69, 9.17) is 0 Å². The molecule has 0 atom stereocenters. The highest BCUT2D eigenvalue weighted by Crippen LogP contribution is 2.48. The maximum absolute atomic E-state index is 2.51. The van der Waals surface area contributed by atoms with Crippen LogP contribution in [0.25, 0.3) is 115 Å². The molecule has 0 aliphatic heterocycles. The van der Waals surface area contributed by atoms with Crippen LogP contribution in [0.15, 0.2) is 206 Å². The molecule has 276 valence electrons. The summed E-state index contributed by atoms with van der Waals surface area (Å²) in [5.41, 5.74) is 12.5. The molecule has 0 spiro atoms. The van der Waals surface area contributed by atoms with Gasteiger partial charge in [-0.25, -0.2) is 0 Å². The lowest BCUT2D eigenvalue weighted by Crippen LogP contribution is -1.97. The number of fused-ring (bicyclic) bond motifs is 10. The second-order valence-electron chi connectivity index (χ2n) is 15.9. The highest BCUT2D eigenvalue weighted by Gasteiger charge is 2.22. The van der Waals surface area contributed by atoms with E-state index >= 15 is 0 Å². The molecule has 0 radical (unpaired) electrons. The minimum atomic E-state index is 1.01. The standard InChI is InChI=1S/C58H39N/c1-2-37-15-14-20-41(35-37)42-27-30-50-51(36-42)55(40-18-4-3-5-19-40)47-25-12-13-26-48(47)56(50)49-31-34-52(46-24-11-10-23-45(46)49)59-53-32-28-38-16-6-8-21-43(38)57(53)58-44-22-9-7-17-39(44)29-33-54(58)59/h3-36H,2H2,1H3. The SMILES string of the molecule is CCc1cccc(-c2ccc3c(-c4ccc(-n5c6ccc7ccccc7c6c6c7ccccc7ccc65)c5ccccc45)c4ccccc4c(-c4ccccc4)c3c2)c1. The second kappa shape index (κ2) is 13.3. The minimum Gasteiger partial charge on any atom is -0.309 e. The Bertz CT molecular complexity index is 3550. The average molecular weight is 750 g/mol. The molecule has 0 saturated heterocycles. The van der Waals surface area contributed by atoms with Crippen molar-refractivity contribution in [2.75, 3.05) is 0 Å². The number of hydrogen-bond donors (Lipinski definition) is 0. The first-order valence-corrected chi connectivity index (χ1v) is 20.7. The summed E-state index contributed by atoms with van der Waals surface area (Å²) in [5.74, 6) is 0.